The van der Waals surface area contributed by atoms with E-state index in [1.807, 2.05) is 6.92 Å². The van der Waals surface area contributed by atoms with Crippen LogP contribution < -0.4 is 10.6 Å². The number of hydrogen-bond acceptors (Lipinski definition) is 4. The maximum absolute atomic E-state index is 11.8. The smallest absolute Gasteiger partial charge is 0.251 e. The highest BCUT2D eigenvalue weighted by Crippen LogP contribution is 2.12. The Morgan fingerprint density at radius 2 is 1.74 bits per heavy atom. The van der Waals surface area contributed by atoms with Crippen molar-refractivity contribution in [3.8, 4) is 0 Å². The predicted molar refractivity (Wildman–Crippen MR) is 75.0 cm³/mol. The van der Waals surface area contributed by atoms with E-state index in [1.54, 1.807) is 6.92 Å². The van der Waals surface area contributed by atoms with Gasteiger partial charge in [0.15, 0.2) is 9.84 Å². The van der Waals surface area contributed by atoms with Gasteiger partial charge in [-0.3, -0.25) is 4.79 Å². The summed E-state index contributed by atoms with van der Waals surface area (Å²) in [6, 6.07) is 6.01. The highest BCUT2D eigenvalue weighted by atomic mass is 32.2. The van der Waals surface area contributed by atoms with Gasteiger partial charge in [0.1, 0.15) is 0 Å². The standard InChI is InChI=1S/C13H20N2O3S/c1-3-14-9-10-15-13(16)11-5-7-12(8-6-11)19(17,18)4-2/h5-8,14H,3-4,9-10H2,1-2H3,(H,15,16). The molecule has 0 unspecified atom stereocenters. The molecule has 0 aliphatic carbocycles. The van der Waals surface area contributed by atoms with Gasteiger partial charge < -0.3 is 10.6 Å². The summed E-state index contributed by atoms with van der Waals surface area (Å²) in [4.78, 5) is 12.0. The van der Waals surface area contributed by atoms with Crippen LogP contribution in [0.2, 0.25) is 0 Å². The zero-order chi connectivity index (χ0) is 14.3. The Hall–Kier alpha value is -1.40. The molecule has 6 heteroatoms. The maximum atomic E-state index is 11.8. The summed E-state index contributed by atoms with van der Waals surface area (Å²) in [5.41, 5.74) is 0.464. The van der Waals surface area contributed by atoms with E-state index in [4.69, 9.17) is 0 Å². The Morgan fingerprint density at radius 1 is 1.11 bits per heavy atom. The largest absolute Gasteiger partial charge is 0.351 e. The second-order valence-corrected chi connectivity index (χ2v) is 6.32. The molecule has 0 heterocycles. The number of hydrogen-bond donors (Lipinski definition) is 2. The molecule has 106 valence electrons. The Bertz CT molecular complexity index is 509. The third kappa shape index (κ3) is 4.65. The maximum Gasteiger partial charge on any atom is 0.251 e. The van der Waals surface area contributed by atoms with E-state index in [-0.39, 0.29) is 16.6 Å². The van der Waals surface area contributed by atoms with Crippen molar-refractivity contribution in [2.75, 3.05) is 25.4 Å². The molecule has 0 spiro atoms. The van der Waals surface area contributed by atoms with Crippen molar-refractivity contribution < 1.29 is 13.2 Å². The van der Waals surface area contributed by atoms with E-state index in [9.17, 15) is 13.2 Å². The van der Waals surface area contributed by atoms with Gasteiger partial charge in [0, 0.05) is 18.7 Å². The lowest BCUT2D eigenvalue weighted by Crippen LogP contribution is -2.31. The molecule has 0 bridgehead atoms. The molecule has 2 N–H and O–H groups in total. The zero-order valence-electron chi connectivity index (χ0n) is 11.3. The van der Waals surface area contributed by atoms with Gasteiger partial charge in [-0.25, -0.2) is 8.42 Å². The van der Waals surface area contributed by atoms with Crippen LogP contribution in [0.3, 0.4) is 0 Å². The number of amides is 1. The van der Waals surface area contributed by atoms with Crippen molar-refractivity contribution in [1.29, 1.82) is 0 Å². The molecule has 0 aromatic heterocycles. The predicted octanol–water partition coefficient (Wildman–Crippen LogP) is 0.819. The lowest BCUT2D eigenvalue weighted by molar-refractivity contribution is 0.0954. The second-order valence-electron chi connectivity index (χ2n) is 4.04. The average molecular weight is 284 g/mol. The number of benzene rings is 1. The van der Waals surface area contributed by atoms with Crippen molar-refractivity contribution in [3.05, 3.63) is 29.8 Å². The molecule has 5 nitrogen and oxygen atoms in total. The van der Waals surface area contributed by atoms with Crippen molar-refractivity contribution in [2.45, 2.75) is 18.7 Å². The highest BCUT2D eigenvalue weighted by molar-refractivity contribution is 7.91. The summed E-state index contributed by atoms with van der Waals surface area (Å²) in [5, 5.41) is 5.85. The molecule has 0 aliphatic rings. The molecule has 1 rings (SSSR count). The van der Waals surface area contributed by atoms with Crippen LogP contribution in [0.15, 0.2) is 29.2 Å². The Labute approximate surface area is 114 Å². The van der Waals surface area contributed by atoms with E-state index < -0.39 is 9.84 Å². The van der Waals surface area contributed by atoms with Crippen molar-refractivity contribution in [3.63, 3.8) is 0 Å². The van der Waals surface area contributed by atoms with E-state index in [0.29, 0.717) is 18.7 Å². The van der Waals surface area contributed by atoms with Gasteiger partial charge in [-0.2, -0.15) is 0 Å². The van der Waals surface area contributed by atoms with Crippen molar-refractivity contribution in [2.24, 2.45) is 0 Å². The quantitative estimate of drug-likeness (QED) is 0.727. The van der Waals surface area contributed by atoms with Crippen LogP contribution in [0.5, 0.6) is 0 Å². The van der Waals surface area contributed by atoms with Crippen molar-refractivity contribution >= 4 is 15.7 Å². The molecule has 1 aromatic carbocycles. The first-order chi connectivity index (χ1) is 9.01. The van der Waals surface area contributed by atoms with Crippen LogP contribution >= 0.6 is 0 Å². The zero-order valence-corrected chi connectivity index (χ0v) is 12.1. The number of sulfone groups is 1. The van der Waals surface area contributed by atoms with E-state index in [0.717, 1.165) is 6.54 Å². The first-order valence-electron chi connectivity index (χ1n) is 6.33. The van der Waals surface area contributed by atoms with Gasteiger partial charge in [-0.15, -0.1) is 0 Å². The molecule has 0 atom stereocenters. The van der Waals surface area contributed by atoms with Gasteiger partial charge in [0.2, 0.25) is 0 Å². The number of carbonyl (C=O) groups excluding carboxylic acids is 1. The molecule has 0 fully saturated rings. The minimum absolute atomic E-state index is 0.0568. The first kappa shape index (κ1) is 15.7. The fourth-order valence-corrected chi connectivity index (χ4v) is 2.41. The third-order valence-corrected chi connectivity index (χ3v) is 4.44. The van der Waals surface area contributed by atoms with Crippen LogP contribution in [0.25, 0.3) is 0 Å². The first-order valence-corrected chi connectivity index (χ1v) is 7.98. The van der Waals surface area contributed by atoms with Gasteiger partial charge in [0.25, 0.3) is 5.91 Å². The van der Waals surface area contributed by atoms with Crippen LogP contribution in [0.1, 0.15) is 24.2 Å². The molecule has 0 aliphatic heterocycles. The van der Waals surface area contributed by atoms with E-state index >= 15 is 0 Å². The minimum Gasteiger partial charge on any atom is -0.351 e. The molecule has 1 amide bonds. The SMILES string of the molecule is CCNCCNC(=O)c1ccc(S(=O)(=O)CC)cc1. The highest BCUT2D eigenvalue weighted by Gasteiger charge is 2.12. The summed E-state index contributed by atoms with van der Waals surface area (Å²) >= 11 is 0. The Morgan fingerprint density at radius 3 is 2.26 bits per heavy atom. The van der Waals surface area contributed by atoms with Crippen LogP contribution in [0, 0.1) is 0 Å². The normalized spacial score (nSPS) is 11.3. The lowest BCUT2D eigenvalue weighted by atomic mass is 10.2. The van der Waals surface area contributed by atoms with E-state index in [1.165, 1.54) is 24.3 Å². The monoisotopic (exact) mass is 284 g/mol. The van der Waals surface area contributed by atoms with Crippen molar-refractivity contribution in [1.82, 2.24) is 10.6 Å². The van der Waals surface area contributed by atoms with Gasteiger partial charge in [0.05, 0.1) is 10.6 Å². The lowest BCUT2D eigenvalue weighted by Gasteiger charge is -2.06. The molecule has 1 aromatic rings. The molecule has 19 heavy (non-hydrogen) atoms. The van der Waals surface area contributed by atoms with Gasteiger partial charge in [-0.1, -0.05) is 13.8 Å². The summed E-state index contributed by atoms with van der Waals surface area (Å²) in [7, 11) is -3.21. The van der Waals surface area contributed by atoms with Gasteiger partial charge in [-0.05, 0) is 30.8 Å². The Kier molecular flexibility index (Phi) is 5.98. The summed E-state index contributed by atoms with van der Waals surface area (Å²) < 4.78 is 23.2. The van der Waals surface area contributed by atoms with Crippen LogP contribution in [-0.2, 0) is 9.84 Å². The fraction of sp³-hybridized carbons (Fsp3) is 0.462. The summed E-state index contributed by atoms with van der Waals surface area (Å²) in [6.45, 7) is 5.71. The molecular formula is C13H20N2O3S. The van der Waals surface area contributed by atoms with Crippen LogP contribution in [-0.4, -0.2) is 39.7 Å². The second kappa shape index (κ2) is 7.25. The molecular weight excluding hydrogens is 264 g/mol. The van der Waals surface area contributed by atoms with Crippen LogP contribution in [0.4, 0.5) is 0 Å². The number of rotatable bonds is 7. The fourth-order valence-electron chi connectivity index (χ4n) is 1.52. The summed E-state index contributed by atoms with van der Waals surface area (Å²) in [5.74, 6) is -0.139. The number of likely N-dealkylation sites (N-methyl/N-ethyl adjacent to an activating group) is 1. The topological polar surface area (TPSA) is 75.3 Å². The number of carbonyl (C=O) groups is 1. The summed E-state index contributed by atoms with van der Waals surface area (Å²) in [6.07, 6.45) is 0. The van der Waals surface area contributed by atoms with Gasteiger partial charge >= 0.3 is 0 Å². The average Bonchev–Trinajstić information content (AvgIpc) is 2.43. The minimum atomic E-state index is -3.21. The Balaban J connectivity index is 2.64. The number of nitrogens with one attached hydrogen (secondary N) is 2. The third-order valence-electron chi connectivity index (χ3n) is 2.69. The van der Waals surface area contributed by atoms with E-state index in [2.05, 4.69) is 10.6 Å². The molecule has 0 saturated heterocycles. The molecule has 0 saturated carbocycles. The molecule has 0 radical (unpaired) electrons.